The molecular weight excluding hydrogens is 452 g/mol. The summed E-state index contributed by atoms with van der Waals surface area (Å²) in [6, 6.07) is 24.3. The third-order valence-electron chi connectivity index (χ3n) is 6.63. The summed E-state index contributed by atoms with van der Waals surface area (Å²) in [7, 11) is 0. The third-order valence-corrected chi connectivity index (χ3v) is 7.47. The van der Waals surface area contributed by atoms with Crippen LogP contribution in [-0.2, 0) is 17.9 Å². The minimum atomic E-state index is 0.0405. The van der Waals surface area contributed by atoms with Gasteiger partial charge in [-0.15, -0.1) is 0 Å². The van der Waals surface area contributed by atoms with Gasteiger partial charge in [-0.2, -0.15) is 0 Å². The van der Waals surface area contributed by atoms with Gasteiger partial charge < -0.3 is 4.90 Å². The number of hydrogen-bond acceptors (Lipinski definition) is 5. The second-order valence-electron chi connectivity index (χ2n) is 9.46. The van der Waals surface area contributed by atoms with Crippen molar-refractivity contribution in [2.75, 3.05) is 11.4 Å². The van der Waals surface area contributed by atoms with E-state index in [1.807, 2.05) is 16.4 Å². The average Bonchev–Trinajstić information content (AvgIpc) is 3.28. The summed E-state index contributed by atoms with van der Waals surface area (Å²) < 4.78 is 4.76. The maximum Gasteiger partial charge on any atom is 0.246 e. The highest BCUT2D eigenvalue weighted by atomic mass is 32.2. The van der Waals surface area contributed by atoms with Gasteiger partial charge in [0.25, 0.3) is 0 Å². The van der Waals surface area contributed by atoms with E-state index < -0.39 is 0 Å². The fourth-order valence-corrected chi connectivity index (χ4v) is 5.31. The number of amides is 1. The van der Waals surface area contributed by atoms with Crippen molar-refractivity contribution in [3.63, 3.8) is 0 Å². The number of pyridine rings is 1. The summed E-state index contributed by atoms with van der Waals surface area (Å²) in [6.45, 7) is 10.9. The van der Waals surface area contributed by atoms with Crippen molar-refractivity contribution in [3.8, 4) is 11.3 Å². The number of carbonyl (C=O) groups is 1. The van der Waals surface area contributed by atoms with Crippen LogP contribution >= 0.6 is 12.1 Å². The van der Waals surface area contributed by atoms with E-state index in [1.54, 1.807) is 0 Å². The molecule has 1 aromatic heterocycles. The average molecular weight is 489 g/mol. The molecule has 4 rings (SSSR count). The topological polar surface area (TPSA) is 48.5 Å². The number of hydrogen-bond donors (Lipinski definition) is 1. The monoisotopic (exact) mass is 488 g/mol. The summed E-state index contributed by atoms with van der Waals surface area (Å²) in [6.07, 6.45) is 2.36. The lowest BCUT2D eigenvalue weighted by atomic mass is 9.94. The van der Waals surface area contributed by atoms with Gasteiger partial charge in [0.2, 0.25) is 5.91 Å². The number of benzene rings is 2. The van der Waals surface area contributed by atoms with Gasteiger partial charge in [-0.05, 0) is 74.1 Å². The molecule has 6 heteroatoms. The number of nitrogens with zero attached hydrogens (tertiary/aromatic N) is 3. The van der Waals surface area contributed by atoms with Crippen LogP contribution in [0.2, 0.25) is 0 Å². The molecule has 0 spiro atoms. The van der Waals surface area contributed by atoms with E-state index in [1.165, 1.54) is 41.8 Å². The molecule has 1 aliphatic rings. The van der Waals surface area contributed by atoms with Crippen LogP contribution in [0.25, 0.3) is 11.3 Å². The zero-order chi connectivity index (χ0) is 24.8. The van der Waals surface area contributed by atoms with Crippen molar-refractivity contribution in [1.82, 2.24) is 14.0 Å². The number of nitrogens with one attached hydrogen (secondary N) is 1. The summed E-state index contributed by atoms with van der Waals surface area (Å²) in [5.41, 5.74) is 6.98. The Morgan fingerprint density at radius 2 is 1.77 bits per heavy atom. The summed E-state index contributed by atoms with van der Waals surface area (Å²) >= 11 is 1.35. The van der Waals surface area contributed by atoms with Gasteiger partial charge in [0, 0.05) is 36.0 Å². The van der Waals surface area contributed by atoms with Gasteiger partial charge in [0.15, 0.2) is 0 Å². The molecule has 0 radical (unpaired) electrons. The van der Waals surface area contributed by atoms with E-state index in [4.69, 9.17) is 4.98 Å². The van der Waals surface area contributed by atoms with Crippen LogP contribution in [0.1, 0.15) is 63.3 Å². The zero-order valence-electron chi connectivity index (χ0n) is 21.2. The van der Waals surface area contributed by atoms with E-state index in [0.29, 0.717) is 25.0 Å². The smallest absolute Gasteiger partial charge is 0.246 e. The highest BCUT2D eigenvalue weighted by molar-refractivity contribution is 7.96. The Kier molecular flexibility index (Phi) is 8.47. The number of anilines is 1. The predicted octanol–water partition coefficient (Wildman–Crippen LogP) is 6.56. The van der Waals surface area contributed by atoms with Crippen LogP contribution in [0.5, 0.6) is 0 Å². The van der Waals surface area contributed by atoms with Crippen molar-refractivity contribution < 1.29 is 4.79 Å². The van der Waals surface area contributed by atoms with Gasteiger partial charge in [0.05, 0.1) is 24.5 Å². The molecule has 0 saturated carbocycles. The van der Waals surface area contributed by atoms with Gasteiger partial charge >= 0.3 is 0 Å². The molecule has 1 amide bonds. The highest BCUT2D eigenvalue weighted by Gasteiger charge is 2.20. The lowest BCUT2D eigenvalue weighted by Crippen LogP contribution is -2.30. The second-order valence-corrected chi connectivity index (χ2v) is 10.4. The van der Waals surface area contributed by atoms with Crippen molar-refractivity contribution >= 4 is 23.7 Å². The summed E-state index contributed by atoms with van der Waals surface area (Å²) in [4.78, 5) is 18.8. The number of carbonyl (C=O) groups excluding carboxylic acids is 1. The minimum Gasteiger partial charge on any atom is -0.365 e. The fourth-order valence-electron chi connectivity index (χ4n) is 4.63. The van der Waals surface area contributed by atoms with Gasteiger partial charge in [-0.1, -0.05) is 50.2 Å². The van der Waals surface area contributed by atoms with Crippen molar-refractivity contribution in [2.24, 2.45) is 0 Å². The zero-order valence-corrected chi connectivity index (χ0v) is 22.0. The molecule has 0 unspecified atom stereocenters. The standard InChI is InChI=1S/C29H36N4OS/c1-5-23(6-2)24-13-15-27(16-14-24)33(21(3)4)18-22-9-7-10-25(17-22)28-12-8-11-26(30-28)19-32-20-29(34)31-35-32/h7-17,21,23H,5-6,18-20H2,1-4H3,(H,31,34). The molecule has 1 saturated heterocycles. The first-order valence-corrected chi connectivity index (χ1v) is 13.4. The molecule has 2 aromatic carbocycles. The van der Waals surface area contributed by atoms with Gasteiger partial charge in [0.1, 0.15) is 0 Å². The molecule has 1 N–H and O–H groups in total. The fraction of sp³-hybridized carbons (Fsp3) is 0.379. The Hall–Kier alpha value is -2.83. The molecule has 2 heterocycles. The molecule has 0 atom stereocenters. The van der Waals surface area contributed by atoms with Crippen molar-refractivity contribution in [3.05, 3.63) is 83.6 Å². The molecule has 1 aliphatic heterocycles. The second kappa shape index (κ2) is 11.7. The molecule has 3 aromatic rings. The van der Waals surface area contributed by atoms with E-state index in [9.17, 15) is 4.79 Å². The molecule has 35 heavy (non-hydrogen) atoms. The predicted molar refractivity (Wildman–Crippen MR) is 147 cm³/mol. The molecular formula is C29H36N4OS. The first-order valence-electron chi connectivity index (χ1n) is 12.6. The SMILES string of the molecule is CCC(CC)c1ccc(N(Cc2cccc(-c3cccc(CN4CC(=O)NS4)n3)c2)C(C)C)cc1. The lowest BCUT2D eigenvalue weighted by Gasteiger charge is -2.30. The largest absolute Gasteiger partial charge is 0.365 e. The van der Waals surface area contributed by atoms with E-state index in [0.717, 1.165) is 23.5 Å². The van der Waals surface area contributed by atoms with E-state index in [-0.39, 0.29) is 5.91 Å². The quantitative estimate of drug-likeness (QED) is 0.327. The Bertz CT molecular complexity index is 1130. The first kappa shape index (κ1) is 25.3. The maximum absolute atomic E-state index is 11.5. The first-order chi connectivity index (χ1) is 17.0. The van der Waals surface area contributed by atoms with Crippen molar-refractivity contribution in [2.45, 2.75) is 65.6 Å². The summed E-state index contributed by atoms with van der Waals surface area (Å²) in [5, 5.41) is 0. The van der Waals surface area contributed by atoms with Crippen molar-refractivity contribution in [1.29, 1.82) is 0 Å². The summed E-state index contributed by atoms with van der Waals surface area (Å²) in [5.74, 6) is 0.677. The van der Waals surface area contributed by atoms with E-state index in [2.05, 4.69) is 91.9 Å². The molecule has 5 nitrogen and oxygen atoms in total. The van der Waals surface area contributed by atoms with E-state index >= 15 is 0 Å². The number of rotatable bonds is 10. The van der Waals surface area contributed by atoms with Crippen LogP contribution < -0.4 is 9.62 Å². The Labute approximate surface area is 214 Å². The minimum absolute atomic E-state index is 0.0405. The molecule has 0 bridgehead atoms. The van der Waals surface area contributed by atoms with Crippen LogP contribution in [0.15, 0.2) is 66.7 Å². The Morgan fingerprint density at radius 3 is 2.43 bits per heavy atom. The molecule has 0 aliphatic carbocycles. The highest BCUT2D eigenvalue weighted by Crippen LogP contribution is 2.28. The lowest BCUT2D eigenvalue weighted by molar-refractivity contribution is -0.118. The van der Waals surface area contributed by atoms with Crippen LogP contribution in [-0.4, -0.2) is 27.8 Å². The van der Waals surface area contributed by atoms with Gasteiger partial charge in [-0.3, -0.25) is 14.5 Å². The van der Waals surface area contributed by atoms with Crippen LogP contribution in [0, 0.1) is 0 Å². The van der Waals surface area contributed by atoms with Gasteiger partial charge in [-0.25, -0.2) is 4.31 Å². The van der Waals surface area contributed by atoms with Crippen LogP contribution in [0.3, 0.4) is 0 Å². The maximum atomic E-state index is 11.5. The number of aromatic nitrogens is 1. The van der Waals surface area contributed by atoms with Crippen LogP contribution in [0.4, 0.5) is 5.69 Å². The third kappa shape index (κ3) is 6.44. The Balaban J connectivity index is 1.51. The normalized spacial score (nSPS) is 14.1. The Morgan fingerprint density at radius 1 is 1.03 bits per heavy atom. The molecule has 184 valence electrons. The molecule has 1 fully saturated rings.